The minimum absolute atomic E-state index is 0.0677. The quantitative estimate of drug-likeness (QED) is 0.387. The Kier molecular flexibility index (Phi) is 4.54. The highest BCUT2D eigenvalue weighted by molar-refractivity contribution is 5.86. The maximum atomic E-state index is 11.3. The van der Waals surface area contributed by atoms with Crippen LogP contribution in [-0.4, -0.2) is 54.8 Å². The molecule has 0 aliphatic carbocycles. The summed E-state index contributed by atoms with van der Waals surface area (Å²) in [6.07, 6.45) is -0.717. The molecular formula is C7H10N6O5. The summed E-state index contributed by atoms with van der Waals surface area (Å²) in [5, 5.41) is 33.9. The van der Waals surface area contributed by atoms with Gasteiger partial charge in [-0.2, -0.15) is 5.21 Å². The zero-order valence-electron chi connectivity index (χ0n) is 8.95. The Morgan fingerprint density at radius 1 is 1.33 bits per heavy atom. The van der Waals surface area contributed by atoms with Gasteiger partial charge in [0.25, 0.3) is 0 Å². The second-order valence-electron chi connectivity index (χ2n) is 3.14. The molecule has 1 rings (SSSR count). The number of rotatable bonds is 6. The van der Waals surface area contributed by atoms with Crippen LogP contribution in [0.1, 0.15) is 12.2 Å². The van der Waals surface area contributed by atoms with E-state index in [4.69, 9.17) is 10.2 Å². The van der Waals surface area contributed by atoms with Crippen LogP contribution in [0.3, 0.4) is 0 Å². The van der Waals surface area contributed by atoms with E-state index in [-0.39, 0.29) is 12.4 Å². The van der Waals surface area contributed by atoms with Gasteiger partial charge in [-0.1, -0.05) is 5.21 Å². The van der Waals surface area contributed by atoms with Crippen LogP contribution in [-0.2, 0) is 16.1 Å². The lowest BCUT2D eigenvalue weighted by atomic mass is 10.2. The van der Waals surface area contributed by atoms with Crippen molar-refractivity contribution in [2.75, 3.05) is 0 Å². The number of aromatic nitrogens is 4. The Bertz CT molecular complexity index is 432. The molecule has 11 nitrogen and oxygen atoms in total. The van der Waals surface area contributed by atoms with Gasteiger partial charge >= 0.3 is 18.0 Å². The Morgan fingerprint density at radius 2 is 2.06 bits per heavy atom. The van der Waals surface area contributed by atoms with Crippen LogP contribution in [0.5, 0.6) is 0 Å². The normalized spacial score (nSPS) is 11.6. The van der Waals surface area contributed by atoms with Gasteiger partial charge in [0.05, 0.1) is 13.0 Å². The average Bonchev–Trinajstić information content (AvgIpc) is 2.77. The maximum Gasteiger partial charge on any atom is 0.326 e. The van der Waals surface area contributed by atoms with E-state index in [1.54, 1.807) is 0 Å². The maximum absolute atomic E-state index is 11.3. The second-order valence-corrected chi connectivity index (χ2v) is 3.14. The number of urea groups is 1. The lowest BCUT2D eigenvalue weighted by Crippen LogP contribution is -2.46. The smallest absolute Gasteiger partial charge is 0.326 e. The van der Waals surface area contributed by atoms with Gasteiger partial charge in [0, 0.05) is 0 Å². The molecular weight excluding hydrogens is 248 g/mol. The topological polar surface area (TPSA) is 170 Å². The first kappa shape index (κ1) is 13.3. The molecule has 98 valence electrons. The van der Waals surface area contributed by atoms with Crippen molar-refractivity contribution in [3.05, 3.63) is 5.82 Å². The van der Waals surface area contributed by atoms with Crippen LogP contribution in [0.4, 0.5) is 4.79 Å². The molecule has 11 heteroatoms. The van der Waals surface area contributed by atoms with Gasteiger partial charge in [-0.05, 0) is 0 Å². The Balaban J connectivity index is 2.41. The predicted molar refractivity (Wildman–Crippen MR) is 53.2 cm³/mol. The van der Waals surface area contributed by atoms with Crippen LogP contribution in [0.15, 0.2) is 0 Å². The fraction of sp³-hybridized carbons (Fsp3) is 0.429. The number of carboxylic acids is 2. The predicted octanol–water partition coefficient (Wildman–Crippen LogP) is -2.07. The van der Waals surface area contributed by atoms with Gasteiger partial charge in [-0.25, -0.2) is 9.59 Å². The molecule has 0 saturated heterocycles. The van der Waals surface area contributed by atoms with Crippen molar-refractivity contribution < 1.29 is 24.6 Å². The van der Waals surface area contributed by atoms with E-state index in [2.05, 4.69) is 25.9 Å². The number of nitrogens with zero attached hydrogens (tertiary/aromatic N) is 3. The number of hydrogen-bond donors (Lipinski definition) is 5. The zero-order chi connectivity index (χ0) is 13.5. The first-order chi connectivity index (χ1) is 8.49. The fourth-order valence-corrected chi connectivity index (χ4v) is 1.00. The molecule has 1 atom stereocenters. The summed E-state index contributed by atoms with van der Waals surface area (Å²) in [6, 6.07) is -2.35. The Hall–Kier alpha value is -2.72. The molecule has 0 fully saturated rings. The molecule has 18 heavy (non-hydrogen) atoms. The molecule has 0 aliphatic heterocycles. The minimum atomic E-state index is -1.51. The van der Waals surface area contributed by atoms with Crippen molar-refractivity contribution >= 4 is 18.0 Å². The molecule has 0 radical (unpaired) electrons. The van der Waals surface area contributed by atoms with Gasteiger partial charge in [0.2, 0.25) is 0 Å². The van der Waals surface area contributed by atoms with Gasteiger partial charge in [-0.3, -0.25) is 4.79 Å². The summed E-state index contributed by atoms with van der Waals surface area (Å²) in [7, 11) is 0. The van der Waals surface area contributed by atoms with Crippen LogP contribution < -0.4 is 10.6 Å². The number of nitrogens with one attached hydrogen (secondary N) is 3. The number of carbonyl (C=O) groups excluding carboxylic acids is 1. The van der Waals surface area contributed by atoms with Crippen LogP contribution in [0.2, 0.25) is 0 Å². The lowest BCUT2D eigenvalue weighted by Gasteiger charge is -2.12. The van der Waals surface area contributed by atoms with Gasteiger partial charge < -0.3 is 20.8 Å². The molecule has 0 saturated carbocycles. The summed E-state index contributed by atoms with van der Waals surface area (Å²) in [6.45, 7) is -0.0677. The first-order valence-electron chi connectivity index (χ1n) is 4.70. The first-order valence-corrected chi connectivity index (χ1v) is 4.70. The molecule has 1 aromatic rings. The minimum Gasteiger partial charge on any atom is -0.481 e. The van der Waals surface area contributed by atoms with E-state index < -0.39 is 30.4 Å². The van der Waals surface area contributed by atoms with E-state index in [0.29, 0.717) is 0 Å². The monoisotopic (exact) mass is 258 g/mol. The van der Waals surface area contributed by atoms with E-state index in [9.17, 15) is 14.4 Å². The number of carboxylic acid groups (broad SMARTS) is 2. The third kappa shape index (κ3) is 4.42. The van der Waals surface area contributed by atoms with Crippen molar-refractivity contribution in [1.82, 2.24) is 31.3 Å². The third-order valence-electron chi connectivity index (χ3n) is 1.78. The van der Waals surface area contributed by atoms with Crippen LogP contribution in [0.25, 0.3) is 0 Å². The third-order valence-corrected chi connectivity index (χ3v) is 1.78. The lowest BCUT2D eigenvalue weighted by molar-refractivity contribution is -0.145. The van der Waals surface area contributed by atoms with Gasteiger partial charge in [0.15, 0.2) is 5.82 Å². The van der Waals surface area contributed by atoms with Crippen molar-refractivity contribution in [2.45, 2.75) is 19.0 Å². The van der Waals surface area contributed by atoms with E-state index in [1.807, 2.05) is 5.32 Å². The zero-order valence-corrected chi connectivity index (χ0v) is 8.95. The number of aliphatic carboxylic acids is 2. The number of tetrazole rings is 1. The molecule has 0 spiro atoms. The van der Waals surface area contributed by atoms with Gasteiger partial charge in [0.1, 0.15) is 6.04 Å². The number of H-pyrrole nitrogens is 1. The highest BCUT2D eigenvalue weighted by Crippen LogP contribution is 1.93. The summed E-state index contributed by atoms with van der Waals surface area (Å²) in [5.41, 5.74) is 0. The average molecular weight is 258 g/mol. The van der Waals surface area contributed by atoms with Crippen molar-refractivity contribution in [2.24, 2.45) is 0 Å². The molecule has 1 heterocycles. The molecule has 5 N–H and O–H groups in total. The highest BCUT2D eigenvalue weighted by Gasteiger charge is 2.22. The Morgan fingerprint density at radius 3 is 2.56 bits per heavy atom. The Labute approximate surface area is 99.6 Å². The summed E-state index contributed by atoms with van der Waals surface area (Å²) >= 11 is 0. The number of hydrogen-bond acceptors (Lipinski definition) is 6. The fourth-order valence-electron chi connectivity index (χ4n) is 1.00. The van der Waals surface area contributed by atoms with E-state index in [0.717, 1.165) is 0 Å². The molecule has 0 unspecified atom stereocenters. The molecule has 2 amide bonds. The van der Waals surface area contributed by atoms with E-state index >= 15 is 0 Å². The molecule has 1 aromatic heterocycles. The SMILES string of the molecule is O=C(O)C[C@@H](NC(=O)NCc1nn[nH]n1)C(=O)O. The number of amides is 2. The van der Waals surface area contributed by atoms with Crippen molar-refractivity contribution in [3.8, 4) is 0 Å². The van der Waals surface area contributed by atoms with Crippen molar-refractivity contribution in [1.29, 1.82) is 0 Å². The van der Waals surface area contributed by atoms with Gasteiger partial charge in [-0.15, -0.1) is 10.2 Å². The van der Waals surface area contributed by atoms with Crippen molar-refractivity contribution in [3.63, 3.8) is 0 Å². The van der Waals surface area contributed by atoms with E-state index in [1.165, 1.54) is 0 Å². The summed E-state index contributed by atoms with van der Waals surface area (Å²) in [4.78, 5) is 32.3. The van der Waals surface area contributed by atoms with Crippen LogP contribution in [0, 0.1) is 0 Å². The largest absolute Gasteiger partial charge is 0.481 e. The highest BCUT2D eigenvalue weighted by atomic mass is 16.4. The molecule has 0 bridgehead atoms. The number of carbonyl (C=O) groups is 3. The number of aromatic amines is 1. The summed E-state index contributed by atoms with van der Waals surface area (Å²) in [5.74, 6) is -2.57. The standard InChI is InChI=1S/C7H10N6O5/c14-5(15)1-3(6(16)17)9-7(18)8-2-4-10-12-13-11-4/h3H,1-2H2,(H,14,15)(H,16,17)(H2,8,9,18)(H,10,11,12,13)/t3-/m1/s1. The molecule has 0 aliphatic rings. The molecule has 0 aromatic carbocycles. The summed E-state index contributed by atoms with van der Waals surface area (Å²) < 4.78 is 0. The van der Waals surface area contributed by atoms with Crippen LogP contribution >= 0.6 is 0 Å². The second kappa shape index (κ2) is 6.12.